The Morgan fingerprint density at radius 3 is 2.61 bits per heavy atom. The maximum absolute atomic E-state index is 12.5. The van der Waals surface area contributed by atoms with Gasteiger partial charge in [0.05, 0.1) is 31.7 Å². The summed E-state index contributed by atoms with van der Waals surface area (Å²) >= 11 is 0. The maximum Gasteiger partial charge on any atom is 0.137 e. The number of nitrogens with zero attached hydrogens (tertiary/aromatic N) is 4. The van der Waals surface area contributed by atoms with Gasteiger partial charge >= 0.3 is 0 Å². The van der Waals surface area contributed by atoms with Gasteiger partial charge in [0.2, 0.25) is 0 Å². The molecule has 0 spiro atoms. The number of morpholine rings is 1. The molecule has 5 rings (SSSR count). The Labute approximate surface area is 224 Å². The topological polar surface area (TPSA) is 69.5 Å². The van der Waals surface area contributed by atoms with Crippen LogP contribution in [0.25, 0.3) is 16.8 Å². The Hall–Kier alpha value is -3.81. The number of rotatable bonds is 12. The number of para-hydroxylation sites is 1. The van der Waals surface area contributed by atoms with Crippen molar-refractivity contribution in [2.45, 2.75) is 25.7 Å². The van der Waals surface area contributed by atoms with Crippen LogP contribution in [0.2, 0.25) is 0 Å². The van der Waals surface area contributed by atoms with Gasteiger partial charge in [-0.25, -0.2) is 4.68 Å². The number of hydrogen-bond donors (Lipinski definition) is 0. The Balaban J connectivity index is 1.15. The first-order valence-corrected chi connectivity index (χ1v) is 13.3. The van der Waals surface area contributed by atoms with Crippen LogP contribution in [0, 0.1) is 0 Å². The van der Waals surface area contributed by atoms with Crippen LogP contribution in [0.4, 0.5) is 0 Å². The predicted octanol–water partition coefficient (Wildman–Crippen LogP) is 4.78. The number of Topliss-reactive ketones (excluding diaryl/α,β-unsaturated/α-hetero) is 1. The van der Waals surface area contributed by atoms with Crippen LogP contribution in [-0.2, 0) is 22.4 Å². The third-order valence-electron chi connectivity index (χ3n) is 6.78. The van der Waals surface area contributed by atoms with Crippen molar-refractivity contribution < 1.29 is 14.3 Å². The molecule has 0 unspecified atom stereocenters. The van der Waals surface area contributed by atoms with E-state index in [2.05, 4.69) is 21.0 Å². The van der Waals surface area contributed by atoms with Crippen molar-refractivity contribution in [3.05, 3.63) is 96.6 Å². The van der Waals surface area contributed by atoms with Gasteiger partial charge in [-0.2, -0.15) is 5.10 Å². The van der Waals surface area contributed by atoms with Gasteiger partial charge in [0, 0.05) is 62.2 Å². The van der Waals surface area contributed by atoms with Crippen molar-refractivity contribution >= 4 is 5.78 Å². The molecule has 0 N–H and O–H groups in total. The number of ether oxygens (including phenoxy) is 2. The Bertz CT molecular complexity index is 1300. The molecular weight excluding hydrogens is 476 g/mol. The highest BCUT2D eigenvalue weighted by atomic mass is 16.5. The fourth-order valence-corrected chi connectivity index (χ4v) is 4.64. The number of benzene rings is 2. The summed E-state index contributed by atoms with van der Waals surface area (Å²) in [5.74, 6) is 1.10. The third-order valence-corrected chi connectivity index (χ3v) is 6.78. The number of aromatic nitrogens is 3. The molecule has 4 aromatic rings. The molecule has 1 aliphatic rings. The van der Waals surface area contributed by atoms with Gasteiger partial charge in [0.25, 0.3) is 0 Å². The zero-order chi connectivity index (χ0) is 26.0. The average molecular weight is 511 g/mol. The average Bonchev–Trinajstić information content (AvgIpc) is 3.46. The Morgan fingerprint density at radius 2 is 1.79 bits per heavy atom. The molecule has 0 saturated carbocycles. The van der Waals surface area contributed by atoms with E-state index in [-0.39, 0.29) is 5.78 Å². The lowest BCUT2D eigenvalue weighted by molar-refractivity contribution is -0.118. The lowest BCUT2D eigenvalue weighted by atomic mass is 10.0. The monoisotopic (exact) mass is 510 g/mol. The highest BCUT2D eigenvalue weighted by molar-refractivity contribution is 5.81. The van der Waals surface area contributed by atoms with Crippen LogP contribution in [0.15, 0.2) is 85.5 Å². The zero-order valence-electron chi connectivity index (χ0n) is 21.7. The normalized spacial score (nSPS) is 13.9. The minimum atomic E-state index is 0.226. The predicted molar refractivity (Wildman–Crippen MR) is 148 cm³/mol. The number of aryl methyl sites for hydroxylation is 1. The fourth-order valence-electron chi connectivity index (χ4n) is 4.64. The molecule has 0 atom stereocenters. The van der Waals surface area contributed by atoms with Crippen molar-refractivity contribution in [3.63, 3.8) is 0 Å². The first-order chi connectivity index (χ1) is 18.7. The highest BCUT2D eigenvalue weighted by Gasteiger charge is 2.12. The smallest absolute Gasteiger partial charge is 0.137 e. The van der Waals surface area contributed by atoms with E-state index >= 15 is 0 Å². The molecule has 1 saturated heterocycles. The highest BCUT2D eigenvalue weighted by Crippen LogP contribution is 2.30. The Morgan fingerprint density at radius 1 is 0.947 bits per heavy atom. The van der Waals surface area contributed by atoms with Crippen LogP contribution in [-0.4, -0.2) is 64.9 Å². The van der Waals surface area contributed by atoms with Gasteiger partial charge in [-0.1, -0.05) is 36.4 Å². The molecule has 2 aromatic carbocycles. The molecule has 0 aliphatic carbocycles. The zero-order valence-corrected chi connectivity index (χ0v) is 21.7. The molecular formula is C31H34N4O3. The van der Waals surface area contributed by atoms with E-state index in [0.29, 0.717) is 19.4 Å². The second-order valence-electron chi connectivity index (χ2n) is 9.57. The van der Waals surface area contributed by atoms with Crippen molar-refractivity contribution in [2.75, 3.05) is 39.5 Å². The van der Waals surface area contributed by atoms with Crippen LogP contribution in [0.3, 0.4) is 0 Å². The molecule has 7 heteroatoms. The summed E-state index contributed by atoms with van der Waals surface area (Å²) < 4.78 is 13.4. The minimum absolute atomic E-state index is 0.226. The lowest BCUT2D eigenvalue weighted by Gasteiger charge is -2.26. The van der Waals surface area contributed by atoms with E-state index in [1.807, 2.05) is 77.9 Å². The summed E-state index contributed by atoms with van der Waals surface area (Å²) in [5.41, 5.74) is 5.08. The first-order valence-electron chi connectivity index (χ1n) is 13.3. The summed E-state index contributed by atoms with van der Waals surface area (Å²) in [5, 5.41) is 4.58. The van der Waals surface area contributed by atoms with Crippen molar-refractivity contribution in [3.8, 4) is 22.6 Å². The van der Waals surface area contributed by atoms with Crippen LogP contribution >= 0.6 is 0 Å². The molecule has 196 valence electrons. The van der Waals surface area contributed by atoms with Crippen molar-refractivity contribution in [2.24, 2.45) is 0 Å². The quantitative estimate of drug-likeness (QED) is 0.256. The van der Waals surface area contributed by atoms with Gasteiger partial charge < -0.3 is 9.47 Å². The summed E-state index contributed by atoms with van der Waals surface area (Å²) in [4.78, 5) is 19.0. The molecule has 0 amide bonds. The number of carbonyl (C=O) groups excluding carboxylic acids is 1. The summed E-state index contributed by atoms with van der Waals surface area (Å²) in [6, 6.07) is 20.0. The second-order valence-corrected chi connectivity index (χ2v) is 9.57. The van der Waals surface area contributed by atoms with E-state index in [1.165, 1.54) is 0 Å². The summed E-state index contributed by atoms with van der Waals surface area (Å²) in [7, 11) is 0. The summed E-state index contributed by atoms with van der Waals surface area (Å²) in [6.07, 6.45) is 10.1. The number of pyridine rings is 1. The fraction of sp³-hybridized carbons (Fsp3) is 0.323. The number of ketones is 1. The maximum atomic E-state index is 12.5. The first kappa shape index (κ1) is 25.8. The number of hydrogen-bond acceptors (Lipinski definition) is 6. The van der Waals surface area contributed by atoms with Gasteiger partial charge in [0.15, 0.2) is 0 Å². The standard InChI is InChI=1S/C31H34N4O3/c36-29(13-10-26-5-3-14-32-22-26)21-25-8-11-28(12-9-25)35-24-27(23-33-35)30-6-1-2-7-31(30)38-18-4-15-34-16-19-37-20-17-34/h1-3,5-9,11-12,14,22-24H,4,10,13,15-21H2. The van der Waals surface area contributed by atoms with Crippen LogP contribution < -0.4 is 4.74 Å². The van der Waals surface area contributed by atoms with Crippen LogP contribution in [0.1, 0.15) is 24.0 Å². The van der Waals surface area contributed by atoms with Gasteiger partial charge in [0.1, 0.15) is 11.5 Å². The van der Waals surface area contributed by atoms with E-state index < -0.39 is 0 Å². The molecule has 2 aromatic heterocycles. The van der Waals surface area contributed by atoms with Gasteiger partial charge in [-0.15, -0.1) is 0 Å². The van der Waals surface area contributed by atoms with E-state index in [4.69, 9.17) is 9.47 Å². The molecule has 38 heavy (non-hydrogen) atoms. The SMILES string of the molecule is O=C(CCc1cccnc1)Cc1ccc(-n2cc(-c3ccccc3OCCCN3CCOCC3)cn2)cc1. The minimum Gasteiger partial charge on any atom is -0.493 e. The largest absolute Gasteiger partial charge is 0.493 e. The van der Waals surface area contributed by atoms with Gasteiger partial charge in [-0.3, -0.25) is 14.7 Å². The Kier molecular flexibility index (Phi) is 8.92. The molecule has 7 nitrogen and oxygen atoms in total. The van der Waals surface area contributed by atoms with E-state index in [9.17, 15) is 4.79 Å². The van der Waals surface area contributed by atoms with Crippen molar-refractivity contribution in [1.82, 2.24) is 19.7 Å². The van der Waals surface area contributed by atoms with E-state index in [1.54, 1.807) is 6.20 Å². The number of carbonyl (C=O) groups is 1. The van der Waals surface area contributed by atoms with Crippen LogP contribution in [0.5, 0.6) is 5.75 Å². The summed E-state index contributed by atoms with van der Waals surface area (Å²) in [6.45, 7) is 5.34. The lowest BCUT2D eigenvalue weighted by Crippen LogP contribution is -2.37. The molecule has 0 radical (unpaired) electrons. The molecule has 1 aliphatic heterocycles. The molecule has 0 bridgehead atoms. The second kappa shape index (κ2) is 13.1. The molecule has 1 fully saturated rings. The third kappa shape index (κ3) is 7.15. The van der Waals surface area contributed by atoms with Crippen molar-refractivity contribution in [1.29, 1.82) is 0 Å². The van der Waals surface area contributed by atoms with E-state index in [0.717, 1.165) is 79.4 Å². The molecule has 3 heterocycles. The van der Waals surface area contributed by atoms with Gasteiger partial charge in [-0.05, 0) is 48.2 Å².